The minimum atomic E-state index is -1.50. The fourth-order valence-corrected chi connectivity index (χ4v) is 6.05. The summed E-state index contributed by atoms with van der Waals surface area (Å²) < 4.78 is 33.9. The molecule has 0 fully saturated rings. The van der Waals surface area contributed by atoms with Crippen LogP contribution in [0.2, 0.25) is 0 Å². The van der Waals surface area contributed by atoms with Gasteiger partial charge in [-0.1, -0.05) is 48.0 Å². The number of rotatable bonds is 10. The third-order valence-corrected chi connectivity index (χ3v) is 8.41. The Hall–Kier alpha value is -5.09. The summed E-state index contributed by atoms with van der Waals surface area (Å²) in [6.45, 7) is 2.65. The van der Waals surface area contributed by atoms with Crippen LogP contribution >= 0.6 is 0 Å². The third-order valence-electron chi connectivity index (χ3n) is 7.10. The summed E-state index contributed by atoms with van der Waals surface area (Å²) in [5.74, 6) is 1.57. The van der Waals surface area contributed by atoms with E-state index < -0.39 is 11.0 Å². The van der Waals surface area contributed by atoms with Crippen molar-refractivity contribution in [2.75, 3.05) is 26.6 Å². The van der Waals surface area contributed by atoms with E-state index in [0.29, 0.717) is 34.3 Å². The van der Waals surface area contributed by atoms with Crippen molar-refractivity contribution in [1.82, 2.24) is 18.7 Å². The minimum absolute atomic E-state index is 0.509. The molecule has 0 aliphatic heterocycles. The van der Waals surface area contributed by atoms with Crippen molar-refractivity contribution in [3.05, 3.63) is 109 Å². The molecule has 0 aliphatic rings. The van der Waals surface area contributed by atoms with Crippen LogP contribution in [-0.4, -0.2) is 44.3 Å². The number of nitrogens with one attached hydrogen (secondary N) is 1. The van der Waals surface area contributed by atoms with Crippen LogP contribution in [0.4, 0.5) is 11.4 Å². The molecule has 1 N–H and O–H groups in total. The summed E-state index contributed by atoms with van der Waals surface area (Å²) >= 11 is 0. The first kappa shape index (κ1) is 28.0. The predicted molar refractivity (Wildman–Crippen MR) is 169 cm³/mol. The van der Waals surface area contributed by atoms with Gasteiger partial charge in [-0.15, -0.1) is 0 Å². The Morgan fingerprint density at radius 1 is 0.837 bits per heavy atom. The van der Waals surface area contributed by atoms with Crippen LogP contribution in [0.3, 0.4) is 0 Å². The number of methoxy groups -OCH3 is 3. The molecule has 0 amide bonds. The standard InChI is InChI=1S/C33H31N5O4S/c1-22-10-12-27(13-11-22)43(39)38-21-29(24-17-35-37(20-24)19-23-8-6-5-7-9-23)28-14-26(18-34-33(28)38)36-25-15-30(40-2)32(42-4)31(16-25)41-3/h5-18,20-21,36H,19H2,1-4H3. The number of fused-ring (bicyclic) bond motifs is 1. The molecule has 1 atom stereocenters. The van der Waals surface area contributed by atoms with Crippen LogP contribution in [0, 0.1) is 6.92 Å². The number of anilines is 2. The molecule has 6 aromatic rings. The molecule has 0 aliphatic carbocycles. The van der Waals surface area contributed by atoms with Crippen molar-refractivity contribution in [3.63, 3.8) is 0 Å². The van der Waals surface area contributed by atoms with E-state index in [1.165, 1.54) is 0 Å². The fourth-order valence-electron chi connectivity index (χ4n) is 4.95. The highest BCUT2D eigenvalue weighted by Gasteiger charge is 2.19. The van der Waals surface area contributed by atoms with Crippen LogP contribution in [0.15, 0.2) is 102 Å². The number of aryl methyl sites for hydroxylation is 1. The molecule has 0 radical (unpaired) electrons. The fraction of sp³-hybridized carbons (Fsp3) is 0.152. The molecule has 10 heteroatoms. The van der Waals surface area contributed by atoms with Gasteiger partial charge in [0.15, 0.2) is 28.1 Å². The lowest BCUT2D eigenvalue weighted by atomic mass is 10.1. The van der Waals surface area contributed by atoms with E-state index in [-0.39, 0.29) is 0 Å². The van der Waals surface area contributed by atoms with Gasteiger partial charge in [-0.05, 0) is 30.7 Å². The molecular formula is C33H31N5O4S. The lowest BCUT2D eigenvalue weighted by Crippen LogP contribution is -2.04. The first-order chi connectivity index (χ1) is 21.0. The second kappa shape index (κ2) is 12.0. The highest BCUT2D eigenvalue weighted by Crippen LogP contribution is 2.41. The summed E-state index contributed by atoms with van der Waals surface area (Å²) in [6, 6.07) is 23.5. The van der Waals surface area contributed by atoms with Crippen molar-refractivity contribution in [3.8, 4) is 28.4 Å². The monoisotopic (exact) mass is 593 g/mol. The molecular weight excluding hydrogens is 562 g/mol. The summed E-state index contributed by atoms with van der Waals surface area (Å²) in [7, 11) is 3.22. The highest BCUT2D eigenvalue weighted by molar-refractivity contribution is 7.83. The first-order valence-corrected chi connectivity index (χ1v) is 14.7. The summed E-state index contributed by atoms with van der Waals surface area (Å²) in [6.07, 6.45) is 7.44. The van der Waals surface area contributed by atoms with Gasteiger partial charge in [0.1, 0.15) is 0 Å². The van der Waals surface area contributed by atoms with Crippen LogP contribution in [-0.2, 0) is 17.5 Å². The SMILES string of the molecule is COc1cc(Nc2cnc3c(c2)c(-c2cnn(Cc4ccccc4)c2)cn3S(=O)c2ccc(C)cc2)cc(OC)c1OC. The lowest BCUT2D eigenvalue weighted by molar-refractivity contribution is 0.324. The van der Waals surface area contributed by atoms with E-state index in [4.69, 9.17) is 19.2 Å². The van der Waals surface area contributed by atoms with E-state index in [2.05, 4.69) is 22.5 Å². The number of hydrogen-bond acceptors (Lipinski definition) is 7. The number of hydrogen-bond donors (Lipinski definition) is 1. The molecule has 6 rings (SSSR count). The topological polar surface area (TPSA) is 92.4 Å². The molecule has 3 heterocycles. The van der Waals surface area contributed by atoms with Crippen molar-refractivity contribution in [2.45, 2.75) is 18.4 Å². The van der Waals surface area contributed by atoms with Crippen molar-refractivity contribution in [2.24, 2.45) is 0 Å². The number of aromatic nitrogens is 4. The van der Waals surface area contributed by atoms with Gasteiger partial charge < -0.3 is 19.5 Å². The summed E-state index contributed by atoms with van der Waals surface area (Å²) in [5, 5.41) is 8.85. The normalized spacial score (nSPS) is 11.8. The van der Waals surface area contributed by atoms with E-state index in [1.807, 2.05) is 90.9 Å². The quantitative estimate of drug-likeness (QED) is 0.191. The van der Waals surface area contributed by atoms with Crippen LogP contribution in [0.5, 0.6) is 17.2 Å². The Balaban J connectivity index is 1.42. The van der Waals surface area contributed by atoms with Gasteiger partial charge in [0.25, 0.3) is 0 Å². The number of pyridine rings is 1. The minimum Gasteiger partial charge on any atom is -0.493 e. The second-order valence-corrected chi connectivity index (χ2v) is 11.3. The molecule has 218 valence electrons. The maximum atomic E-state index is 13.8. The van der Waals surface area contributed by atoms with Gasteiger partial charge in [0.05, 0.1) is 50.9 Å². The van der Waals surface area contributed by atoms with Crippen LogP contribution < -0.4 is 19.5 Å². The zero-order chi connectivity index (χ0) is 29.9. The third kappa shape index (κ3) is 5.69. The van der Waals surface area contributed by atoms with Crippen LogP contribution in [0.1, 0.15) is 11.1 Å². The summed E-state index contributed by atoms with van der Waals surface area (Å²) in [4.78, 5) is 5.46. The Kier molecular flexibility index (Phi) is 7.84. The number of benzene rings is 3. The predicted octanol–water partition coefficient (Wildman–Crippen LogP) is 6.60. The average molecular weight is 594 g/mol. The molecule has 1 unspecified atom stereocenters. The Morgan fingerprint density at radius 2 is 1.56 bits per heavy atom. The highest BCUT2D eigenvalue weighted by atomic mass is 32.2. The molecule has 0 saturated carbocycles. The second-order valence-electron chi connectivity index (χ2n) is 9.98. The zero-order valence-electron chi connectivity index (χ0n) is 24.3. The number of ether oxygens (including phenoxy) is 3. The lowest BCUT2D eigenvalue weighted by Gasteiger charge is -2.15. The van der Waals surface area contributed by atoms with E-state index in [0.717, 1.165) is 39.0 Å². The molecule has 9 nitrogen and oxygen atoms in total. The summed E-state index contributed by atoms with van der Waals surface area (Å²) in [5.41, 5.74) is 6.08. The van der Waals surface area contributed by atoms with E-state index >= 15 is 0 Å². The van der Waals surface area contributed by atoms with Gasteiger partial charge in [-0.3, -0.25) is 4.68 Å². The van der Waals surface area contributed by atoms with Crippen LogP contribution in [0.25, 0.3) is 22.2 Å². The van der Waals surface area contributed by atoms with Gasteiger partial charge in [-0.2, -0.15) is 5.10 Å². The number of nitrogens with zero attached hydrogens (tertiary/aromatic N) is 4. The van der Waals surface area contributed by atoms with Gasteiger partial charge in [0, 0.05) is 46.7 Å². The van der Waals surface area contributed by atoms with Crippen molar-refractivity contribution in [1.29, 1.82) is 0 Å². The smallest absolute Gasteiger partial charge is 0.203 e. The van der Waals surface area contributed by atoms with Gasteiger partial charge in [-0.25, -0.2) is 13.2 Å². The first-order valence-electron chi connectivity index (χ1n) is 13.6. The molecule has 0 bridgehead atoms. The molecule has 0 spiro atoms. The van der Waals surface area contributed by atoms with Crippen molar-refractivity contribution >= 4 is 33.4 Å². The van der Waals surface area contributed by atoms with E-state index in [9.17, 15) is 4.21 Å². The molecule has 43 heavy (non-hydrogen) atoms. The molecule has 0 saturated heterocycles. The molecule has 3 aromatic carbocycles. The van der Waals surface area contributed by atoms with E-state index in [1.54, 1.807) is 31.5 Å². The maximum Gasteiger partial charge on any atom is 0.203 e. The Morgan fingerprint density at radius 3 is 2.23 bits per heavy atom. The maximum absolute atomic E-state index is 13.8. The van der Waals surface area contributed by atoms with Gasteiger partial charge >= 0.3 is 0 Å². The largest absolute Gasteiger partial charge is 0.493 e. The molecule has 3 aromatic heterocycles. The zero-order valence-corrected chi connectivity index (χ0v) is 25.1. The Bertz CT molecular complexity index is 1890. The average Bonchev–Trinajstić information content (AvgIpc) is 3.65. The Labute approximate surface area is 252 Å². The van der Waals surface area contributed by atoms with Gasteiger partial charge in [0.2, 0.25) is 5.75 Å². The van der Waals surface area contributed by atoms with Crippen molar-refractivity contribution < 1.29 is 18.4 Å².